The predicted molar refractivity (Wildman–Crippen MR) is 77.0 cm³/mol. The second kappa shape index (κ2) is 5.32. The Hall–Kier alpha value is -0.670. The standard InChI is InChI=1S/C14H22N2S/c1-4-11-6-5-7-13-14(11)16(3)10(2)12(17-13)8-9-15/h5-7,10,12H,4,8-9,15H2,1-3H3. The van der Waals surface area contributed by atoms with Gasteiger partial charge >= 0.3 is 0 Å². The van der Waals surface area contributed by atoms with Crippen molar-refractivity contribution in [3.8, 4) is 0 Å². The molecule has 3 heteroatoms. The van der Waals surface area contributed by atoms with Crippen LogP contribution in [-0.2, 0) is 6.42 Å². The summed E-state index contributed by atoms with van der Waals surface area (Å²) in [7, 11) is 2.21. The lowest BCUT2D eigenvalue weighted by Gasteiger charge is -2.40. The van der Waals surface area contributed by atoms with Crippen LogP contribution < -0.4 is 10.6 Å². The Kier molecular flexibility index (Phi) is 4.00. The van der Waals surface area contributed by atoms with Crippen molar-refractivity contribution >= 4 is 17.4 Å². The predicted octanol–water partition coefficient (Wildman–Crippen LogP) is 2.90. The highest BCUT2D eigenvalue weighted by molar-refractivity contribution is 8.00. The molecule has 17 heavy (non-hydrogen) atoms. The third kappa shape index (κ3) is 2.31. The molecule has 0 spiro atoms. The van der Waals surface area contributed by atoms with E-state index in [-0.39, 0.29) is 0 Å². The van der Waals surface area contributed by atoms with Crippen molar-refractivity contribution in [2.45, 2.75) is 42.9 Å². The first kappa shape index (κ1) is 12.8. The molecule has 0 aromatic heterocycles. The molecule has 0 bridgehead atoms. The van der Waals surface area contributed by atoms with Gasteiger partial charge in [0.1, 0.15) is 0 Å². The van der Waals surface area contributed by atoms with E-state index in [1.165, 1.54) is 16.1 Å². The molecule has 0 fully saturated rings. The van der Waals surface area contributed by atoms with Gasteiger partial charge in [-0.2, -0.15) is 0 Å². The van der Waals surface area contributed by atoms with Crippen LogP contribution in [0.25, 0.3) is 0 Å². The SMILES string of the molecule is CCc1cccc2c1N(C)C(C)C(CCN)S2. The molecule has 1 aromatic rings. The minimum Gasteiger partial charge on any atom is -0.370 e. The normalized spacial score (nSPS) is 23.6. The second-order valence-corrected chi connectivity index (χ2v) is 5.98. The molecule has 0 saturated heterocycles. The monoisotopic (exact) mass is 250 g/mol. The number of nitrogens with two attached hydrogens (primary N) is 1. The average molecular weight is 250 g/mol. The summed E-state index contributed by atoms with van der Waals surface area (Å²) >= 11 is 2.00. The number of fused-ring (bicyclic) bond motifs is 1. The summed E-state index contributed by atoms with van der Waals surface area (Å²) in [5, 5.41) is 0.615. The molecular weight excluding hydrogens is 228 g/mol. The van der Waals surface area contributed by atoms with Crippen molar-refractivity contribution < 1.29 is 0 Å². The number of benzene rings is 1. The first-order valence-electron chi connectivity index (χ1n) is 6.40. The van der Waals surface area contributed by atoms with E-state index >= 15 is 0 Å². The maximum absolute atomic E-state index is 5.71. The van der Waals surface area contributed by atoms with Crippen LogP contribution in [-0.4, -0.2) is 24.9 Å². The highest BCUT2D eigenvalue weighted by Gasteiger charge is 2.30. The van der Waals surface area contributed by atoms with Crippen molar-refractivity contribution in [3.05, 3.63) is 23.8 Å². The van der Waals surface area contributed by atoms with Crippen LogP contribution in [0.15, 0.2) is 23.1 Å². The minimum absolute atomic E-state index is 0.559. The third-order valence-electron chi connectivity index (χ3n) is 3.69. The minimum atomic E-state index is 0.559. The molecule has 0 saturated carbocycles. The van der Waals surface area contributed by atoms with E-state index in [0.29, 0.717) is 11.3 Å². The maximum Gasteiger partial charge on any atom is 0.0537 e. The molecule has 0 aliphatic carbocycles. The highest BCUT2D eigenvalue weighted by Crippen LogP contribution is 2.43. The summed E-state index contributed by atoms with van der Waals surface area (Å²) < 4.78 is 0. The summed E-state index contributed by atoms with van der Waals surface area (Å²) in [6.07, 6.45) is 2.19. The lowest BCUT2D eigenvalue weighted by molar-refractivity contribution is 0.602. The summed E-state index contributed by atoms with van der Waals surface area (Å²) in [5.41, 5.74) is 8.60. The number of hydrogen-bond donors (Lipinski definition) is 1. The Balaban J connectivity index is 2.38. The summed E-state index contributed by atoms with van der Waals surface area (Å²) in [5.74, 6) is 0. The second-order valence-electron chi connectivity index (χ2n) is 4.70. The smallest absolute Gasteiger partial charge is 0.0537 e. The Morgan fingerprint density at radius 2 is 2.18 bits per heavy atom. The average Bonchev–Trinajstić information content (AvgIpc) is 2.35. The van der Waals surface area contributed by atoms with Gasteiger partial charge in [0, 0.05) is 23.2 Å². The Morgan fingerprint density at radius 1 is 1.41 bits per heavy atom. The first-order chi connectivity index (χ1) is 8.19. The van der Waals surface area contributed by atoms with Crippen LogP contribution >= 0.6 is 11.8 Å². The van der Waals surface area contributed by atoms with Gasteiger partial charge in [-0.25, -0.2) is 0 Å². The van der Waals surface area contributed by atoms with E-state index in [1.807, 2.05) is 11.8 Å². The lowest BCUT2D eigenvalue weighted by Crippen LogP contribution is -2.41. The molecule has 2 rings (SSSR count). The van der Waals surface area contributed by atoms with E-state index in [2.05, 4.69) is 44.0 Å². The Labute approximate surface area is 109 Å². The molecule has 2 N–H and O–H groups in total. The molecule has 0 amide bonds. The fraction of sp³-hybridized carbons (Fsp3) is 0.571. The van der Waals surface area contributed by atoms with Gasteiger partial charge < -0.3 is 10.6 Å². The van der Waals surface area contributed by atoms with E-state index in [1.54, 1.807) is 0 Å². The molecule has 0 radical (unpaired) electrons. The summed E-state index contributed by atoms with van der Waals surface area (Å²) in [6.45, 7) is 5.31. The van der Waals surface area contributed by atoms with E-state index < -0.39 is 0 Å². The highest BCUT2D eigenvalue weighted by atomic mass is 32.2. The van der Waals surface area contributed by atoms with Gasteiger partial charge in [-0.3, -0.25) is 0 Å². The summed E-state index contributed by atoms with van der Waals surface area (Å²) in [6, 6.07) is 7.22. The van der Waals surface area contributed by atoms with Crippen molar-refractivity contribution in [3.63, 3.8) is 0 Å². The first-order valence-corrected chi connectivity index (χ1v) is 7.28. The molecule has 2 nitrogen and oxygen atoms in total. The molecule has 2 unspecified atom stereocenters. The fourth-order valence-corrected chi connectivity index (χ4v) is 4.03. The van der Waals surface area contributed by atoms with Crippen molar-refractivity contribution in [2.24, 2.45) is 5.73 Å². The van der Waals surface area contributed by atoms with Crippen LogP contribution in [0.5, 0.6) is 0 Å². The molecule has 1 aromatic carbocycles. The molecule has 1 aliphatic heterocycles. The van der Waals surface area contributed by atoms with Crippen molar-refractivity contribution in [1.29, 1.82) is 0 Å². The summed E-state index contributed by atoms with van der Waals surface area (Å²) in [4.78, 5) is 3.86. The molecular formula is C14H22N2S. The van der Waals surface area contributed by atoms with Crippen LogP contribution in [0.4, 0.5) is 5.69 Å². The number of anilines is 1. The number of rotatable bonds is 3. The van der Waals surface area contributed by atoms with Crippen molar-refractivity contribution in [1.82, 2.24) is 0 Å². The van der Waals surface area contributed by atoms with Crippen LogP contribution in [0.2, 0.25) is 0 Å². The fourth-order valence-electron chi connectivity index (χ4n) is 2.53. The van der Waals surface area contributed by atoms with Crippen LogP contribution in [0.3, 0.4) is 0 Å². The van der Waals surface area contributed by atoms with E-state index in [4.69, 9.17) is 5.73 Å². The number of aryl methyl sites for hydroxylation is 1. The zero-order chi connectivity index (χ0) is 12.4. The number of thioether (sulfide) groups is 1. The Bertz CT molecular complexity index is 392. The molecule has 94 valence electrons. The van der Waals surface area contributed by atoms with Crippen LogP contribution in [0.1, 0.15) is 25.8 Å². The van der Waals surface area contributed by atoms with Gasteiger partial charge in [0.05, 0.1) is 5.69 Å². The molecule has 2 atom stereocenters. The van der Waals surface area contributed by atoms with Gasteiger partial charge in [0.15, 0.2) is 0 Å². The van der Waals surface area contributed by atoms with Crippen molar-refractivity contribution in [2.75, 3.05) is 18.5 Å². The van der Waals surface area contributed by atoms with E-state index in [0.717, 1.165) is 19.4 Å². The van der Waals surface area contributed by atoms with Gasteiger partial charge in [0.25, 0.3) is 0 Å². The number of hydrogen-bond acceptors (Lipinski definition) is 3. The largest absolute Gasteiger partial charge is 0.370 e. The van der Waals surface area contributed by atoms with E-state index in [9.17, 15) is 0 Å². The van der Waals surface area contributed by atoms with Gasteiger partial charge in [-0.05, 0) is 37.9 Å². The maximum atomic E-state index is 5.71. The quantitative estimate of drug-likeness (QED) is 0.894. The van der Waals surface area contributed by atoms with Gasteiger partial charge in [0.2, 0.25) is 0 Å². The Morgan fingerprint density at radius 3 is 2.82 bits per heavy atom. The molecule has 1 aliphatic rings. The zero-order valence-corrected chi connectivity index (χ0v) is 11.8. The molecule has 1 heterocycles. The third-order valence-corrected chi connectivity index (χ3v) is 5.21. The van der Waals surface area contributed by atoms with Gasteiger partial charge in [-0.1, -0.05) is 19.1 Å². The number of para-hydroxylation sites is 1. The van der Waals surface area contributed by atoms with Gasteiger partial charge in [-0.15, -0.1) is 11.8 Å². The number of nitrogens with zero attached hydrogens (tertiary/aromatic N) is 1. The lowest BCUT2D eigenvalue weighted by atomic mass is 10.1. The topological polar surface area (TPSA) is 29.3 Å². The zero-order valence-electron chi connectivity index (χ0n) is 10.9. The van der Waals surface area contributed by atoms with Crippen LogP contribution in [0, 0.1) is 0 Å².